The molecule has 1 aliphatic rings. The van der Waals surface area contributed by atoms with Crippen molar-refractivity contribution in [1.29, 1.82) is 0 Å². The third-order valence-electron chi connectivity index (χ3n) is 4.62. The first-order valence-electron chi connectivity index (χ1n) is 7.92. The van der Waals surface area contributed by atoms with E-state index in [4.69, 9.17) is 11.6 Å². The number of halogens is 1. The molecule has 0 bridgehead atoms. The molecule has 2 rings (SSSR count). The number of nitrogens with zero attached hydrogens (tertiary/aromatic N) is 2. The van der Waals surface area contributed by atoms with Crippen LogP contribution in [0.25, 0.3) is 0 Å². The van der Waals surface area contributed by atoms with E-state index in [-0.39, 0.29) is 18.1 Å². The smallest absolute Gasteiger partial charge is 0.319 e. The molecule has 1 fully saturated rings. The summed E-state index contributed by atoms with van der Waals surface area (Å²) in [6.45, 7) is 3.90. The molecule has 1 aromatic rings. The molecule has 0 saturated carbocycles. The lowest BCUT2D eigenvalue weighted by atomic mass is 9.90. The molecule has 5 nitrogen and oxygen atoms in total. The highest BCUT2D eigenvalue weighted by Crippen LogP contribution is 2.40. The van der Waals surface area contributed by atoms with Crippen LogP contribution < -0.4 is 5.32 Å². The van der Waals surface area contributed by atoms with Crippen molar-refractivity contribution in [2.24, 2.45) is 0 Å². The van der Waals surface area contributed by atoms with E-state index in [1.54, 1.807) is 43.0 Å². The van der Waals surface area contributed by atoms with Gasteiger partial charge in [0.15, 0.2) is 0 Å². The highest BCUT2D eigenvalue weighted by molar-refractivity contribution is 6.30. The molecule has 1 aliphatic heterocycles. The molecule has 0 unspecified atom stereocenters. The van der Waals surface area contributed by atoms with Crippen LogP contribution in [0.4, 0.5) is 4.79 Å². The van der Waals surface area contributed by atoms with E-state index in [1.807, 2.05) is 12.1 Å². The Labute approximate surface area is 142 Å². The van der Waals surface area contributed by atoms with Crippen LogP contribution in [0, 0.1) is 0 Å². The van der Waals surface area contributed by atoms with Crippen LogP contribution in [0.1, 0.15) is 38.7 Å². The fourth-order valence-electron chi connectivity index (χ4n) is 3.26. The molecule has 126 valence electrons. The van der Waals surface area contributed by atoms with Gasteiger partial charge >= 0.3 is 6.03 Å². The van der Waals surface area contributed by atoms with Crippen molar-refractivity contribution >= 4 is 23.5 Å². The van der Waals surface area contributed by atoms with Gasteiger partial charge in [0.25, 0.3) is 5.91 Å². The van der Waals surface area contributed by atoms with Gasteiger partial charge in [-0.25, -0.2) is 4.79 Å². The van der Waals surface area contributed by atoms with Crippen molar-refractivity contribution in [3.8, 4) is 0 Å². The second kappa shape index (κ2) is 6.79. The normalized spacial score (nSPS) is 24.2. The first-order valence-corrected chi connectivity index (χ1v) is 8.30. The summed E-state index contributed by atoms with van der Waals surface area (Å²) < 4.78 is 0. The van der Waals surface area contributed by atoms with Crippen molar-refractivity contribution in [3.63, 3.8) is 0 Å². The van der Waals surface area contributed by atoms with Crippen LogP contribution in [0.5, 0.6) is 0 Å². The van der Waals surface area contributed by atoms with Gasteiger partial charge in [-0.15, -0.1) is 0 Å². The number of nitrogens with one attached hydrogen (secondary N) is 1. The molecule has 0 radical (unpaired) electrons. The molecule has 0 aromatic heterocycles. The second-order valence-corrected chi connectivity index (χ2v) is 6.48. The van der Waals surface area contributed by atoms with Crippen LogP contribution in [0.2, 0.25) is 5.02 Å². The van der Waals surface area contributed by atoms with Gasteiger partial charge in [-0.2, -0.15) is 0 Å². The number of carbonyl (C=O) groups is 2. The zero-order valence-electron chi connectivity index (χ0n) is 14.1. The average molecular weight is 338 g/mol. The summed E-state index contributed by atoms with van der Waals surface area (Å²) in [4.78, 5) is 28.9. The molecule has 23 heavy (non-hydrogen) atoms. The van der Waals surface area contributed by atoms with Crippen molar-refractivity contribution in [1.82, 2.24) is 15.1 Å². The van der Waals surface area contributed by atoms with Gasteiger partial charge < -0.3 is 10.2 Å². The number of carbonyl (C=O) groups excluding carboxylic acids is 2. The highest BCUT2D eigenvalue weighted by Gasteiger charge is 2.55. The third-order valence-corrected chi connectivity index (χ3v) is 4.87. The Bertz CT molecular complexity index is 590. The summed E-state index contributed by atoms with van der Waals surface area (Å²) in [5.74, 6) is -0.0791. The number of amides is 3. The third kappa shape index (κ3) is 2.90. The fraction of sp³-hybridized carbons (Fsp3) is 0.529. The standard InChI is InChI=1S/C17H24ClN3O2/c1-5-6-7-14-20(4)15(22)17(2,21(14)16(23)19-3)12-8-10-13(18)11-9-12/h8-11,14H,5-7H2,1-4H3,(H,19,23)/t14-,17-/m1/s1. The first-order chi connectivity index (χ1) is 10.9. The fourth-order valence-corrected chi connectivity index (χ4v) is 3.38. The molecular weight excluding hydrogens is 314 g/mol. The quantitative estimate of drug-likeness (QED) is 0.917. The topological polar surface area (TPSA) is 52.7 Å². The van der Waals surface area contributed by atoms with Crippen LogP contribution in [-0.4, -0.2) is 42.0 Å². The number of benzene rings is 1. The van der Waals surface area contributed by atoms with Gasteiger partial charge in [-0.1, -0.05) is 37.1 Å². The lowest BCUT2D eigenvalue weighted by Crippen LogP contribution is -2.52. The molecule has 2 atom stereocenters. The van der Waals surface area contributed by atoms with E-state index in [1.165, 1.54) is 0 Å². The zero-order chi connectivity index (χ0) is 17.2. The van der Waals surface area contributed by atoms with Crippen LogP contribution in [0.15, 0.2) is 24.3 Å². The lowest BCUT2D eigenvalue weighted by Gasteiger charge is -2.35. The summed E-state index contributed by atoms with van der Waals surface area (Å²) in [5, 5.41) is 3.27. The van der Waals surface area contributed by atoms with Crippen molar-refractivity contribution in [3.05, 3.63) is 34.9 Å². The van der Waals surface area contributed by atoms with Gasteiger partial charge in [0.1, 0.15) is 11.7 Å². The molecule has 1 aromatic carbocycles. The maximum Gasteiger partial charge on any atom is 0.319 e. The first kappa shape index (κ1) is 17.6. The maximum atomic E-state index is 13.0. The highest BCUT2D eigenvalue weighted by atomic mass is 35.5. The molecular formula is C17H24ClN3O2. The predicted molar refractivity (Wildman–Crippen MR) is 91.2 cm³/mol. The van der Waals surface area contributed by atoms with E-state index in [2.05, 4.69) is 12.2 Å². The Kier molecular flexibility index (Phi) is 5.19. The molecule has 1 saturated heterocycles. The molecule has 1 N–H and O–H groups in total. The summed E-state index contributed by atoms with van der Waals surface area (Å²) in [6, 6.07) is 6.87. The number of urea groups is 1. The Balaban J connectivity index is 2.51. The van der Waals surface area contributed by atoms with E-state index >= 15 is 0 Å². The minimum atomic E-state index is -1.03. The largest absolute Gasteiger partial charge is 0.341 e. The summed E-state index contributed by atoms with van der Waals surface area (Å²) in [5.41, 5.74) is -0.265. The molecule has 6 heteroatoms. The van der Waals surface area contributed by atoms with E-state index < -0.39 is 5.54 Å². The molecule has 3 amide bonds. The number of likely N-dealkylation sites (N-methyl/N-ethyl adjacent to an activating group) is 1. The number of hydrogen-bond acceptors (Lipinski definition) is 2. The number of rotatable bonds is 4. The van der Waals surface area contributed by atoms with Gasteiger partial charge in [-0.05, 0) is 37.5 Å². The Hall–Kier alpha value is -1.75. The van der Waals surface area contributed by atoms with E-state index in [9.17, 15) is 9.59 Å². The van der Waals surface area contributed by atoms with Crippen molar-refractivity contribution < 1.29 is 9.59 Å². The second-order valence-electron chi connectivity index (χ2n) is 6.04. The SMILES string of the molecule is CCCC[C@@H]1N(C)C(=O)[C@@](C)(c2ccc(Cl)cc2)N1C(=O)NC. The minimum absolute atomic E-state index is 0.0791. The van der Waals surface area contributed by atoms with Gasteiger partial charge in [-0.3, -0.25) is 9.69 Å². The predicted octanol–water partition coefficient (Wildman–Crippen LogP) is 3.18. The Morgan fingerprint density at radius 3 is 2.48 bits per heavy atom. The van der Waals surface area contributed by atoms with Crippen LogP contribution in [-0.2, 0) is 10.3 Å². The summed E-state index contributed by atoms with van der Waals surface area (Å²) in [7, 11) is 3.35. The monoisotopic (exact) mass is 337 g/mol. The number of unbranched alkanes of at least 4 members (excludes halogenated alkanes) is 1. The summed E-state index contributed by atoms with van der Waals surface area (Å²) >= 11 is 5.96. The Morgan fingerprint density at radius 2 is 1.96 bits per heavy atom. The van der Waals surface area contributed by atoms with Crippen molar-refractivity contribution in [2.75, 3.05) is 14.1 Å². The van der Waals surface area contributed by atoms with Crippen LogP contribution >= 0.6 is 11.6 Å². The van der Waals surface area contributed by atoms with Crippen molar-refractivity contribution in [2.45, 2.75) is 44.8 Å². The molecule has 1 heterocycles. The maximum absolute atomic E-state index is 13.0. The number of hydrogen-bond donors (Lipinski definition) is 1. The molecule has 0 spiro atoms. The Morgan fingerprint density at radius 1 is 1.35 bits per heavy atom. The van der Waals surface area contributed by atoms with E-state index in [0.717, 1.165) is 24.8 Å². The summed E-state index contributed by atoms with van der Waals surface area (Å²) in [6.07, 6.45) is 2.47. The lowest BCUT2D eigenvalue weighted by molar-refractivity contribution is -0.132. The van der Waals surface area contributed by atoms with E-state index in [0.29, 0.717) is 5.02 Å². The zero-order valence-corrected chi connectivity index (χ0v) is 14.9. The molecule has 0 aliphatic carbocycles. The minimum Gasteiger partial charge on any atom is -0.341 e. The van der Waals surface area contributed by atoms with Gasteiger partial charge in [0.2, 0.25) is 0 Å². The van der Waals surface area contributed by atoms with Crippen LogP contribution in [0.3, 0.4) is 0 Å². The average Bonchev–Trinajstić information content (AvgIpc) is 2.74. The van der Waals surface area contributed by atoms with Gasteiger partial charge in [0.05, 0.1) is 0 Å². The van der Waals surface area contributed by atoms with Gasteiger partial charge in [0, 0.05) is 19.1 Å².